The second-order valence-electron chi connectivity index (χ2n) is 3.65. The fourth-order valence-electron chi connectivity index (χ4n) is 1.21. The molecule has 0 radical (unpaired) electrons. The van der Waals surface area contributed by atoms with E-state index in [0.717, 1.165) is 13.0 Å². The molecule has 0 aliphatic heterocycles. The van der Waals surface area contributed by atoms with Crippen molar-refractivity contribution in [1.82, 2.24) is 9.80 Å². The van der Waals surface area contributed by atoms with Crippen LogP contribution in [0, 0.1) is 0 Å². The fourth-order valence-corrected chi connectivity index (χ4v) is 1.21. The Hall–Kier alpha value is -1.14. The van der Waals surface area contributed by atoms with Crippen LogP contribution in [0.2, 0.25) is 0 Å². The lowest BCUT2D eigenvalue weighted by Gasteiger charge is -2.18. The molecule has 0 saturated heterocycles. The first-order valence-corrected chi connectivity index (χ1v) is 4.72. The summed E-state index contributed by atoms with van der Waals surface area (Å²) >= 11 is 0. The van der Waals surface area contributed by atoms with Gasteiger partial charge in [0.05, 0.1) is 13.1 Å². The van der Waals surface area contributed by atoms with Crippen LogP contribution in [0.25, 0.3) is 0 Å². The summed E-state index contributed by atoms with van der Waals surface area (Å²) in [7, 11) is 3.83. The predicted molar refractivity (Wildman–Crippen MR) is 54.9 cm³/mol. The normalized spacial score (nSPS) is 10.9. The molecule has 6 heteroatoms. The van der Waals surface area contributed by atoms with Crippen molar-refractivity contribution in [2.24, 2.45) is 0 Å². The molecule has 15 heavy (non-hydrogen) atoms. The maximum atomic E-state index is 10.4. The molecule has 0 amide bonds. The Morgan fingerprint density at radius 1 is 1.00 bits per heavy atom. The van der Waals surface area contributed by atoms with Gasteiger partial charge in [-0.3, -0.25) is 14.5 Å². The molecule has 2 N–H and O–H groups in total. The van der Waals surface area contributed by atoms with E-state index in [-0.39, 0.29) is 13.1 Å². The summed E-state index contributed by atoms with van der Waals surface area (Å²) in [5.74, 6) is -2.00. The van der Waals surface area contributed by atoms with Gasteiger partial charge in [0.15, 0.2) is 0 Å². The maximum Gasteiger partial charge on any atom is 0.317 e. The summed E-state index contributed by atoms with van der Waals surface area (Å²) in [4.78, 5) is 24.3. The van der Waals surface area contributed by atoms with Crippen LogP contribution in [0.15, 0.2) is 0 Å². The molecule has 0 aromatic rings. The highest BCUT2D eigenvalue weighted by atomic mass is 16.4. The lowest BCUT2D eigenvalue weighted by atomic mass is 10.3. The molecule has 0 saturated carbocycles. The first kappa shape index (κ1) is 13.9. The van der Waals surface area contributed by atoms with E-state index in [9.17, 15) is 9.59 Å². The van der Waals surface area contributed by atoms with Crippen molar-refractivity contribution in [3.63, 3.8) is 0 Å². The highest BCUT2D eigenvalue weighted by Crippen LogP contribution is 1.93. The Morgan fingerprint density at radius 2 is 1.47 bits per heavy atom. The van der Waals surface area contributed by atoms with Gasteiger partial charge in [0.1, 0.15) is 0 Å². The number of carboxylic acid groups (broad SMARTS) is 2. The number of hydrogen-bond acceptors (Lipinski definition) is 4. The van der Waals surface area contributed by atoms with Gasteiger partial charge in [-0.05, 0) is 27.1 Å². The summed E-state index contributed by atoms with van der Waals surface area (Å²) in [6.45, 7) is 0.853. The van der Waals surface area contributed by atoms with Crippen molar-refractivity contribution in [1.29, 1.82) is 0 Å². The van der Waals surface area contributed by atoms with Gasteiger partial charge in [-0.15, -0.1) is 0 Å². The van der Waals surface area contributed by atoms with Gasteiger partial charge in [0, 0.05) is 6.54 Å². The molecule has 0 rings (SSSR count). The minimum atomic E-state index is -0.999. The van der Waals surface area contributed by atoms with Gasteiger partial charge in [-0.2, -0.15) is 0 Å². The number of aliphatic carboxylic acids is 2. The van der Waals surface area contributed by atoms with E-state index in [4.69, 9.17) is 10.2 Å². The lowest BCUT2D eigenvalue weighted by molar-refractivity contribution is -0.141. The van der Waals surface area contributed by atoms with Crippen LogP contribution in [-0.4, -0.2) is 72.2 Å². The highest BCUT2D eigenvalue weighted by molar-refractivity contribution is 5.72. The zero-order valence-electron chi connectivity index (χ0n) is 9.14. The van der Waals surface area contributed by atoms with Crippen molar-refractivity contribution >= 4 is 11.9 Å². The van der Waals surface area contributed by atoms with Crippen LogP contribution >= 0.6 is 0 Å². The molecule has 0 atom stereocenters. The molecule has 0 unspecified atom stereocenters. The number of nitrogens with zero attached hydrogens (tertiary/aromatic N) is 2. The zero-order chi connectivity index (χ0) is 11.8. The molecule has 0 aromatic heterocycles. The smallest absolute Gasteiger partial charge is 0.317 e. The average molecular weight is 218 g/mol. The van der Waals surface area contributed by atoms with Crippen molar-refractivity contribution in [3.8, 4) is 0 Å². The van der Waals surface area contributed by atoms with Crippen molar-refractivity contribution in [2.75, 3.05) is 40.3 Å². The van der Waals surface area contributed by atoms with E-state index in [1.165, 1.54) is 4.90 Å². The SMILES string of the molecule is CN(C)CCCN(CC(=O)O)CC(=O)O. The van der Waals surface area contributed by atoms with Crippen LogP contribution in [-0.2, 0) is 9.59 Å². The predicted octanol–water partition coefficient (Wildman–Crippen LogP) is -0.591. The quantitative estimate of drug-likeness (QED) is 0.566. The van der Waals surface area contributed by atoms with Crippen LogP contribution in [0.4, 0.5) is 0 Å². The number of hydrogen-bond donors (Lipinski definition) is 2. The second-order valence-corrected chi connectivity index (χ2v) is 3.65. The van der Waals surface area contributed by atoms with Gasteiger partial charge < -0.3 is 15.1 Å². The standard InChI is InChI=1S/C9H18N2O4/c1-10(2)4-3-5-11(6-8(12)13)7-9(14)15/h3-7H2,1-2H3,(H,12,13)(H,14,15). The van der Waals surface area contributed by atoms with Gasteiger partial charge in [-0.1, -0.05) is 0 Å². The van der Waals surface area contributed by atoms with Gasteiger partial charge in [0.2, 0.25) is 0 Å². The average Bonchev–Trinajstić information content (AvgIpc) is 2.00. The fraction of sp³-hybridized carbons (Fsp3) is 0.778. The zero-order valence-corrected chi connectivity index (χ0v) is 9.14. The Bertz CT molecular complexity index is 202. The molecule has 0 bridgehead atoms. The van der Waals surface area contributed by atoms with Crippen molar-refractivity contribution < 1.29 is 19.8 Å². The summed E-state index contributed by atoms with van der Waals surface area (Å²) in [5.41, 5.74) is 0. The van der Waals surface area contributed by atoms with E-state index >= 15 is 0 Å². The van der Waals surface area contributed by atoms with Gasteiger partial charge >= 0.3 is 11.9 Å². The Morgan fingerprint density at radius 3 is 1.80 bits per heavy atom. The summed E-state index contributed by atoms with van der Waals surface area (Å²) in [5, 5.41) is 17.1. The molecule has 0 heterocycles. The molecule has 0 aliphatic rings. The molecule has 0 aromatic carbocycles. The third-order valence-electron chi connectivity index (χ3n) is 1.80. The minimum absolute atomic E-state index is 0.222. The first-order chi connectivity index (χ1) is 6.91. The molecular formula is C9H18N2O4. The van der Waals surface area contributed by atoms with Crippen molar-refractivity contribution in [2.45, 2.75) is 6.42 Å². The van der Waals surface area contributed by atoms with E-state index in [0.29, 0.717) is 6.54 Å². The monoisotopic (exact) mass is 218 g/mol. The van der Waals surface area contributed by atoms with Crippen molar-refractivity contribution in [3.05, 3.63) is 0 Å². The maximum absolute atomic E-state index is 10.4. The molecule has 88 valence electrons. The highest BCUT2D eigenvalue weighted by Gasteiger charge is 2.12. The van der Waals surface area contributed by atoms with E-state index < -0.39 is 11.9 Å². The van der Waals surface area contributed by atoms with Crippen LogP contribution in [0.1, 0.15) is 6.42 Å². The summed E-state index contributed by atoms with van der Waals surface area (Å²) in [6, 6.07) is 0. The molecule has 0 spiro atoms. The lowest BCUT2D eigenvalue weighted by Crippen LogP contribution is -2.36. The molecule has 6 nitrogen and oxygen atoms in total. The number of rotatable bonds is 8. The second kappa shape index (κ2) is 7.19. The topological polar surface area (TPSA) is 81.1 Å². The largest absolute Gasteiger partial charge is 0.480 e. The Balaban J connectivity index is 3.89. The third-order valence-corrected chi connectivity index (χ3v) is 1.80. The number of carbonyl (C=O) groups is 2. The minimum Gasteiger partial charge on any atom is -0.480 e. The molecular weight excluding hydrogens is 200 g/mol. The number of carboxylic acids is 2. The Kier molecular flexibility index (Phi) is 6.64. The first-order valence-electron chi connectivity index (χ1n) is 4.72. The van der Waals surface area contributed by atoms with Crippen LogP contribution in [0.5, 0.6) is 0 Å². The molecule has 0 aliphatic carbocycles. The van der Waals surface area contributed by atoms with Crippen LogP contribution in [0.3, 0.4) is 0 Å². The van der Waals surface area contributed by atoms with E-state index in [2.05, 4.69) is 0 Å². The summed E-state index contributed by atoms with van der Waals surface area (Å²) < 4.78 is 0. The van der Waals surface area contributed by atoms with Crippen LogP contribution < -0.4 is 0 Å². The van der Waals surface area contributed by atoms with E-state index in [1.807, 2.05) is 19.0 Å². The third kappa shape index (κ3) is 9.17. The van der Waals surface area contributed by atoms with Gasteiger partial charge in [-0.25, -0.2) is 0 Å². The Labute approximate surface area is 89.1 Å². The van der Waals surface area contributed by atoms with E-state index in [1.54, 1.807) is 0 Å². The molecule has 0 fully saturated rings. The van der Waals surface area contributed by atoms with Gasteiger partial charge in [0.25, 0.3) is 0 Å². The summed E-state index contributed by atoms with van der Waals surface area (Å²) in [6.07, 6.45) is 0.758.